The molecule has 0 fully saturated rings. The van der Waals surface area contributed by atoms with Gasteiger partial charge in [0.25, 0.3) is 0 Å². The summed E-state index contributed by atoms with van der Waals surface area (Å²) in [6.45, 7) is 1.62. The van der Waals surface area contributed by atoms with E-state index in [1.54, 1.807) is 6.33 Å². The van der Waals surface area contributed by atoms with E-state index in [0.29, 0.717) is 0 Å². The van der Waals surface area contributed by atoms with E-state index in [9.17, 15) is 0 Å². The third kappa shape index (κ3) is 2.10. The lowest BCUT2D eigenvalue weighted by molar-refractivity contribution is 0.361. The lowest BCUT2D eigenvalue weighted by Gasteiger charge is -1.81. The second kappa shape index (κ2) is 4.41. The highest BCUT2D eigenvalue weighted by atomic mass is 16.5. The number of H-pyrrole nitrogens is 1. The number of fused-ring (bicyclic) bond motifs is 1. The number of hydrogen-bond acceptors (Lipinski definition) is 3. The highest BCUT2D eigenvalue weighted by molar-refractivity contribution is 5.73. The molecule has 2 aromatic rings. The molecule has 3 rings (SSSR count). The molecule has 72 valence electrons. The Morgan fingerprint density at radius 2 is 2.21 bits per heavy atom. The first-order valence-electron chi connectivity index (χ1n) is 4.45. The van der Waals surface area contributed by atoms with Crippen molar-refractivity contribution in [3.63, 3.8) is 0 Å². The third-order valence-corrected chi connectivity index (χ3v) is 1.82. The molecule has 0 saturated heterocycles. The van der Waals surface area contributed by atoms with Gasteiger partial charge in [-0.2, -0.15) is 0 Å². The van der Waals surface area contributed by atoms with Gasteiger partial charge in [-0.15, -0.1) is 0 Å². The molecule has 1 aliphatic heterocycles. The number of nitrogens with one attached hydrogen (secondary N) is 1. The predicted molar refractivity (Wildman–Crippen MR) is 55.4 cm³/mol. The summed E-state index contributed by atoms with van der Waals surface area (Å²) >= 11 is 0. The Morgan fingerprint density at radius 1 is 1.29 bits per heavy atom. The third-order valence-electron chi connectivity index (χ3n) is 1.82. The number of nitrogens with zero attached hydrogens (tertiary/aromatic N) is 2. The first kappa shape index (κ1) is 8.74. The van der Waals surface area contributed by atoms with Crippen LogP contribution < -0.4 is 0 Å². The number of rotatable bonds is 0. The van der Waals surface area contributed by atoms with Crippen molar-refractivity contribution in [1.82, 2.24) is 9.97 Å². The largest absolute Gasteiger partial charge is 0.482 e. The van der Waals surface area contributed by atoms with E-state index in [-0.39, 0.29) is 0 Å². The number of benzene rings is 1. The molecule has 1 aliphatic rings. The molecule has 0 bridgehead atoms. The summed E-state index contributed by atoms with van der Waals surface area (Å²) in [6, 6.07) is 7.94. The molecule has 4 nitrogen and oxygen atoms in total. The second-order valence-electron chi connectivity index (χ2n) is 2.80. The van der Waals surface area contributed by atoms with Crippen LogP contribution in [0.5, 0.6) is 0 Å². The van der Waals surface area contributed by atoms with Crippen LogP contribution in [0, 0.1) is 0 Å². The van der Waals surface area contributed by atoms with Crippen LogP contribution in [0.1, 0.15) is 0 Å². The van der Waals surface area contributed by atoms with Crippen LogP contribution in [-0.2, 0) is 4.74 Å². The average Bonchev–Trinajstić information content (AvgIpc) is 2.92. The van der Waals surface area contributed by atoms with Crippen molar-refractivity contribution in [2.75, 3.05) is 13.2 Å². The minimum Gasteiger partial charge on any atom is -0.482 e. The summed E-state index contributed by atoms with van der Waals surface area (Å²) < 4.78 is 4.65. The van der Waals surface area contributed by atoms with Gasteiger partial charge in [-0.3, -0.25) is 4.99 Å². The molecule has 0 spiro atoms. The number of hydrogen-bond donors (Lipinski definition) is 1. The fourth-order valence-electron chi connectivity index (χ4n) is 1.14. The van der Waals surface area contributed by atoms with Crippen LogP contribution in [0.3, 0.4) is 0 Å². The lowest BCUT2D eigenvalue weighted by atomic mass is 10.3. The summed E-state index contributed by atoms with van der Waals surface area (Å²) in [5, 5.41) is 0. The van der Waals surface area contributed by atoms with Crippen LogP contribution in [0.15, 0.2) is 35.6 Å². The molecule has 0 atom stereocenters. The molecule has 1 aromatic carbocycles. The Labute approximate surface area is 81.6 Å². The second-order valence-corrected chi connectivity index (χ2v) is 2.80. The van der Waals surface area contributed by atoms with Crippen LogP contribution in [-0.4, -0.2) is 29.5 Å². The lowest BCUT2D eigenvalue weighted by Crippen LogP contribution is -1.80. The van der Waals surface area contributed by atoms with Gasteiger partial charge in [-0.05, 0) is 12.1 Å². The van der Waals surface area contributed by atoms with Gasteiger partial charge in [0.2, 0.25) is 0 Å². The van der Waals surface area contributed by atoms with Crippen LogP contribution in [0.4, 0.5) is 0 Å². The highest BCUT2D eigenvalue weighted by Crippen LogP contribution is 2.05. The topological polar surface area (TPSA) is 50.3 Å². The van der Waals surface area contributed by atoms with E-state index < -0.39 is 0 Å². The number of para-hydroxylation sites is 2. The van der Waals surface area contributed by atoms with Crippen LogP contribution >= 0.6 is 0 Å². The zero-order chi connectivity index (χ0) is 9.64. The van der Waals surface area contributed by atoms with Gasteiger partial charge in [0.1, 0.15) is 6.61 Å². The van der Waals surface area contributed by atoms with E-state index >= 15 is 0 Å². The Kier molecular flexibility index (Phi) is 2.76. The molecule has 0 unspecified atom stereocenters. The summed E-state index contributed by atoms with van der Waals surface area (Å²) in [5.41, 5.74) is 2.12. The van der Waals surface area contributed by atoms with Crippen molar-refractivity contribution in [1.29, 1.82) is 0 Å². The van der Waals surface area contributed by atoms with Crippen LogP contribution in [0.25, 0.3) is 11.0 Å². The van der Waals surface area contributed by atoms with E-state index in [1.807, 2.05) is 24.3 Å². The van der Waals surface area contributed by atoms with Gasteiger partial charge >= 0.3 is 0 Å². The maximum atomic E-state index is 4.65. The SMILES string of the molecule is C1=NCCO1.c1ccc2[nH]cnc2c1. The van der Waals surface area contributed by atoms with Gasteiger partial charge in [0.05, 0.1) is 23.9 Å². The van der Waals surface area contributed by atoms with E-state index in [2.05, 4.69) is 19.7 Å². The van der Waals surface area contributed by atoms with Gasteiger partial charge in [0.15, 0.2) is 6.40 Å². The molecular weight excluding hydrogens is 178 g/mol. The van der Waals surface area contributed by atoms with Gasteiger partial charge in [0, 0.05) is 0 Å². The summed E-state index contributed by atoms with van der Waals surface area (Å²) in [5.74, 6) is 0. The fourth-order valence-corrected chi connectivity index (χ4v) is 1.14. The quantitative estimate of drug-likeness (QED) is 0.684. The Bertz CT molecular complexity index is 386. The van der Waals surface area contributed by atoms with Gasteiger partial charge in [-0.25, -0.2) is 4.98 Å². The van der Waals surface area contributed by atoms with E-state index in [0.717, 1.165) is 24.2 Å². The normalized spacial score (nSPS) is 13.4. The molecule has 2 heterocycles. The summed E-state index contributed by atoms with van der Waals surface area (Å²) in [4.78, 5) is 10.8. The van der Waals surface area contributed by atoms with Crippen molar-refractivity contribution in [2.24, 2.45) is 4.99 Å². The van der Waals surface area contributed by atoms with Crippen molar-refractivity contribution < 1.29 is 4.74 Å². The monoisotopic (exact) mass is 189 g/mol. The Balaban J connectivity index is 0.000000128. The molecule has 0 amide bonds. The number of ether oxygens (including phenoxy) is 1. The Hall–Kier alpha value is -1.84. The molecule has 0 saturated carbocycles. The number of aliphatic imine (C=N–C) groups is 1. The molecule has 4 heteroatoms. The maximum Gasteiger partial charge on any atom is 0.169 e. The number of aromatic nitrogens is 2. The average molecular weight is 189 g/mol. The molecule has 1 aromatic heterocycles. The molecule has 1 N–H and O–H groups in total. The minimum absolute atomic E-state index is 0.778. The van der Waals surface area contributed by atoms with Crippen LogP contribution in [0.2, 0.25) is 0 Å². The zero-order valence-corrected chi connectivity index (χ0v) is 7.68. The minimum atomic E-state index is 0.778. The van der Waals surface area contributed by atoms with Crippen molar-refractivity contribution in [2.45, 2.75) is 0 Å². The fraction of sp³-hybridized carbons (Fsp3) is 0.200. The van der Waals surface area contributed by atoms with Gasteiger partial charge < -0.3 is 9.72 Å². The first-order chi connectivity index (χ1) is 6.97. The zero-order valence-electron chi connectivity index (χ0n) is 7.68. The van der Waals surface area contributed by atoms with Crippen molar-refractivity contribution in [3.05, 3.63) is 30.6 Å². The molecular formula is C10H11N3O. The first-order valence-corrected chi connectivity index (χ1v) is 4.45. The predicted octanol–water partition coefficient (Wildman–Crippen LogP) is 1.61. The van der Waals surface area contributed by atoms with Gasteiger partial charge in [-0.1, -0.05) is 12.1 Å². The van der Waals surface area contributed by atoms with Crippen molar-refractivity contribution >= 4 is 17.4 Å². The molecule has 14 heavy (non-hydrogen) atoms. The molecule has 0 aliphatic carbocycles. The number of aromatic amines is 1. The standard InChI is InChI=1S/C7H6N2.C3H5NO/c1-2-4-7-6(3-1)8-5-9-7;1-2-5-3-4-1/h1-5H,(H,8,9);3H,1-2H2. The summed E-state index contributed by atoms with van der Waals surface area (Å²) in [6.07, 6.45) is 3.19. The summed E-state index contributed by atoms with van der Waals surface area (Å²) in [7, 11) is 0. The van der Waals surface area contributed by atoms with E-state index in [4.69, 9.17) is 0 Å². The maximum absolute atomic E-state index is 4.65. The highest BCUT2D eigenvalue weighted by Gasteiger charge is 1.88. The van der Waals surface area contributed by atoms with E-state index in [1.165, 1.54) is 6.40 Å². The number of imidazole rings is 1. The smallest absolute Gasteiger partial charge is 0.169 e. The van der Waals surface area contributed by atoms with Crippen molar-refractivity contribution in [3.8, 4) is 0 Å². The Morgan fingerprint density at radius 3 is 2.86 bits per heavy atom. The molecule has 0 radical (unpaired) electrons.